The Bertz CT molecular complexity index is 1460. The number of hydrogen-bond donors (Lipinski definition) is 5. The van der Waals surface area contributed by atoms with E-state index in [1.807, 2.05) is 109 Å². The molecule has 0 aromatic heterocycles. The zero-order valence-corrected chi connectivity index (χ0v) is 22.9. The van der Waals surface area contributed by atoms with Crippen molar-refractivity contribution < 1.29 is 9.59 Å². The highest BCUT2D eigenvalue weighted by Gasteiger charge is 2.20. The van der Waals surface area contributed by atoms with Gasteiger partial charge in [0.1, 0.15) is 0 Å². The molecule has 0 aliphatic rings. The van der Waals surface area contributed by atoms with Gasteiger partial charge in [-0.2, -0.15) is 0 Å². The van der Waals surface area contributed by atoms with Crippen molar-refractivity contribution in [3.05, 3.63) is 143 Å². The van der Waals surface area contributed by atoms with Crippen LogP contribution in [0.4, 0.5) is 4.79 Å². The fourth-order valence-electron chi connectivity index (χ4n) is 4.47. The van der Waals surface area contributed by atoms with E-state index in [9.17, 15) is 9.59 Å². The molecule has 8 heteroatoms. The molecule has 0 fully saturated rings. The van der Waals surface area contributed by atoms with E-state index in [0.29, 0.717) is 26.1 Å². The summed E-state index contributed by atoms with van der Waals surface area (Å²) in [7, 11) is 0. The molecule has 0 spiro atoms. The van der Waals surface area contributed by atoms with E-state index in [0.717, 1.165) is 33.4 Å². The van der Waals surface area contributed by atoms with Crippen LogP contribution in [0.25, 0.3) is 0 Å². The van der Waals surface area contributed by atoms with Gasteiger partial charge in [0.05, 0.1) is 12.5 Å². The van der Waals surface area contributed by atoms with E-state index in [4.69, 9.17) is 11.5 Å². The fraction of sp³-hybridized carbons (Fsp3) is 0.182. The first-order valence-electron chi connectivity index (χ1n) is 13.6. The molecule has 1 unspecified atom stereocenters. The van der Waals surface area contributed by atoms with Crippen LogP contribution in [-0.2, 0) is 37.4 Å². The number of aliphatic imine (C=N–C) groups is 1. The Hall–Kier alpha value is -4.95. The van der Waals surface area contributed by atoms with Crippen LogP contribution >= 0.6 is 0 Å². The Morgan fingerprint density at radius 3 is 1.93 bits per heavy atom. The van der Waals surface area contributed by atoms with Crippen molar-refractivity contribution in [2.24, 2.45) is 16.5 Å². The smallest absolute Gasteiger partial charge is 0.321 e. The summed E-state index contributed by atoms with van der Waals surface area (Å²) in [5.41, 5.74) is 17.5. The highest BCUT2D eigenvalue weighted by atomic mass is 16.2. The summed E-state index contributed by atoms with van der Waals surface area (Å²) in [6.07, 6.45) is 0.616. The van der Waals surface area contributed by atoms with E-state index in [2.05, 4.69) is 20.9 Å². The fourth-order valence-corrected chi connectivity index (χ4v) is 4.47. The van der Waals surface area contributed by atoms with Crippen LogP contribution < -0.4 is 27.4 Å². The number of nitrogens with one attached hydrogen (secondary N) is 3. The molecular weight excluding hydrogens is 512 g/mol. The molecule has 0 bridgehead atoms. The molecule has 0 radical (unpaired) electrons. The van der Waals surface area contributed by atoms with Gasteiger partial charge in [0.25, 0.3) is 0 Å². The standard InChI is InChI=1S/C33H36N6O2/c34-20-25-11-7-12-26(17-25)23-38-33(41)39-32(35)37-22-28-14-8-13-27(18-28)21-36-31(40)30(29-15-5-2-6-16-29)19-24-9-3-1-4-10-24/h1-18,30H,19-23,34H2,(H,36,40)(H4,35,37,38,39,41). The van der Waals surface area contributed by atoms with Crippen molar-refractivity contribution in [2.45, 2.75) is 38.5 Å². The summed E-state index contributed by atoms with van der Waals surface area (Å²) >= 11 is 0. The molecule has 8 nitrogen and oxygen atoms in total. The number of carbonyl (C=O) groups is 2. The van der Waals surface area contributed by atoms with Crippen molar-refractivity contribution in [1.29, 1.82) is 0 Å². The molecule has 7 N–H and O–H groups in total. The van der Waals surface area contributed by atoms with Gasteiger partial charge in [0.15, 0.2) is 5.96 Å². The van der Waals surface area contributed by atoms with E-state index < -0.39 is 6.03 Å². The molecular formula is C33H36N6O2. The lowest BCUT2D eigenvalue weighted by Crippen LogP contribution is -2.43. The third-order valence-electron chi connectivity index (χ3n) is 6.61. The van der Waals surface area contributed by atoms with Gasteiger partial charge in [-0.25, -0.2) is 9.79 Å². The summed E-state index contributed by atoms with van der Waals surface area (Å²) in [5.74, 6) is -0.311. The molecule has 4 aromatic rings. The minimum absolute atomic E-state index is 0.0172. The molecule has 1 atom stereocenters. The zero-order chi connectivity index (χ0) is 28.9. The first kappa shape index (κ1) is 29.0. The Kier molecular flexibility index (Phi) is 10.6. The summed E-state index contributed by atoms with van der Waals surface area (Å²) in [6.45, 7) is 1.45. The molecule has 4 aromatic carbocycles. The van der Waals surface area contributed by atoms with Crippen LogP contribution in [0.3, 0.4) is 0 Å². The lowest BCUT2D eigenvalue weighted by molar-refractivity contribution is -0.122. The van der Waals surface area contributed by atoms with Crippen LogP contribution in [0, 0.1) is 0 Å². The molecule has 41 heavy (non-hydrogen) atoms. The lowest BCUT2D eigenvalue weighted by atomic mass is 9.91. The maximum Gasteiger partial charge on any atom is 0.321 e. The number of urea groups is 1. The Balaban J connectivity index is 1.29. The number of amides is 3. The molecule has 0 aliphatic carbocycles. The van der Waals surface area contributed by atoms with Crippen molar-refractivity contribution in [3.63, 3.8) is 0 Å². The molecule has 4 rings (SSSR count). The second kappa shape index (κ2) is 15.0. The molecule has 0 saturated carbocycles. The monoisotopic (exact) mass is 548 g/mol. The lowest BCUT2D eigenvalue weighted by Gasteiger charge is -2.18. The molecule has 210 valence electrons. The topological polar surface area (TPSA) is 135 Å². The van der Waals surface area contributed by atoms with Crippen LogP contribution in [0.15, 0.2) is 114 Å². The highest BCUT2D eigenvalue weighted by Crippen LogP contribution is 2.21. The molecule has 0 saturated heterocycles. The maximum atomic E-state index is 13.3. The number of nitrogens with two attached hydrogens (primary N) is 2. The second-order valence-electron chi connectivity index (χ2n) is 9.72. The van der Waals surface area contributed by atoms with Crippen LogP contribution in [0.1, 0.15) is 39.3 Å². The normalized spacial score (nSPS) is 11.9. The Morgan fingerprint density at radius 2 is 1.24 bits per heavy atom. The number of hydrogen-bond acceptors (Lipinski definition) is 4. The predicted molar refractivity (Wildman–Crippen MR) is 163 cm³/mol. The summed E-state index contributed by atoms with van der Waals surface area (Å²) in [4.78, 5) is 29.8. The molecule has 0 aliphatic heterocycles. The minimum atomic E-state index is -0.440. The number of guanidine groups is 1. The number of rotatable bonds is 11. The van der Waals surface area contributed by atoms with Crippen molar-refractivity contribution in [3.8, 4) is 0 Å². The van der Waals surface area contributed by atoms with Crippen molar-refractivity contribution in [1.82, 2.24) is 16.0 Å². The van der Waals surface area contributed by atoms with Crippen LogP contribution in [-0.4, -0.2) is 17.9 Å². The average Bonchev–Trinajstić information content (AvgIpc) is 3.01. The van der Waals surface area contributed by atoms with Gasteiger partial charge in [-0.05, 0) is 39.8 Å². The number of benzene rings is 4. The minimum Gasteiger partial charge on any atom is -0.370 e. The Morgan fingerprint density at radius 1 is 0.683 bits per heavy atom. The average molecular weight is 549 g/mol. The molecule has 3 amide bonds. The zero-order valence-electron chi connectivity index (χ0n) is 22.9. The van der Waals surface area contributed by atoms with Crippen LogP contribution in [0.5, 0.6) is 0 Å². The SMILES string of the molecule is NCc1cccc(CNC(=O)NC(N)=NCc2cccc(CNC(=O)C(Cc3ccccc3)c3ccccc3)c2)c1. The van der Waals surface area contributed by atoms with Gasteiger partial charge in [-0.1, -0.05) is 109 Å². The van der Waals surface area contributed by atoms with Gasteiger partial charge in [0, 0.05) is 19.6 Å². The third-order valence-corrected chi connectivity index (χ3v) is 6.61. The van der Waals surface area contributed by atoms with E-state index in [-0.39, 0.29) is 24.3 Å². The summed E-state index contributed by atoms with van der Waals surface area (Å²) in [5, 5.41) is 8.41. The van der Waals surface area contributed by atoms with Gasteiger partial charge in [-0.15, -0.1) is 0 Å². The third kappa shape index (κ3) is 9.33. The second-order valence-corrected chi connectivity index (χ2v) is 9.72. The maximum absolute atomic E-state index is 13.3. The van der Waals surface area contributed by atoms with E-state index >= 15 is 0 Å². The summed E-state index contributed by atoms with van der Waals surface area (Å²) in [6, 6.07) is 34.9. The van der Waals surface area contributed by atoms with E-state index in [1.165, 1.54) is 0 Å². The van der Waals surface area contributed by atoms with Gasteiger partial charge in [0.2, 0.25) is 5.91 Å². The van der Waals surface area contributed by atoms with Crippen molar-refractivity contribution >= 4 is 17.9 Å². The first-order chi connectivity index (χ1) is 20.0. The number of nitrogens with zero attached hydrogens (tertiary/aromatic N) is 1. The van der Waals surface area contributed by atoms with Crippen LogP contribution in [0.2, 0.25) is 0 Å². The number of carbonyl (C=O) groups excluding carboxylic acids is 2. The highest BCUT2D eigenvalue weighted by molar-refractivity contribution is 5.95. The van der Waals surface area contributed by atoms with E-state index in [1.54, 1.807) is 0 Å². The van der Waals surface area contributed by atoms with Gasteiger partial charge < -0.3 is 22.1 Å². The summed E-state index contributed by atoms with van der Waals surface area (Å²) < 4.78 is 0. The first-order valence-corrected chi connectivity index (χ1v) is 13.6. The van der Waals surface area contributed by atoms with Gasteiger partial charge in [-0.3, -0.25) is 10.1 Å². The van der Waals surface area contributed by atoms with Crippen molar-refractivity contribution in [2.75, 3.05) is 0 Å². The van der Waals surface area contributed by atoms with Gasteiger partial charge >= 0.3 is 6.03 Å². The quantitative estimate of drug-likeness (QED) is 0.142. The Labute approximate surface area is 240 Å². The predicted octanol–water partition coefficient (Wildman–Crippen LogP) is 4.10. The largest absolute Gasteiger partial charge is 0.370 e. The molecule has 0 heterocycles.